The summed E-state index contributed by atoms with van der Waals surface area (Å²) in [6, 6.07) is 18.2. The zero-order valence-corrected chi connectivity index (χ0v) is 16.4. The van der Waals surface area contributed by atoms with Gasteiger partial charge >= 0.3 is 0 Å². The molecule has 5 nitrogen and oxygen atoms in total. The van der Waals surface area contributed by atoms with E-state index in [1.54, 1.807) is 19.2 Å². The predicted octanol–water partition coefficient (Wildman–Crippen LogP) is 3.90. The van der Waals surface area contributed by atoms with Gasteiger partial charge in [-0.3, -0.25) is 14.7 Å². The minimum absolute atomic E-state index is 0.0786. The minimum atomic E-state index is -1.46. The van der Waals surface area contributed by atoms with Crippen LogP contribution in [-0.4, -0.2) is 28.8 Å². The molecule has 2 heterocycles. The molecule has 29 heavy (non-hydrogen) atoms. The van der Waals surface area contributed by atoms with Gasteiger partial charge in [-0.05, 0) is 52.6 Å². The molecule has 2 aromatic carbocycles. The number of carbonyl (C=O) groups is 1. The number of benzene rings is 2. The largest absolute Gasteiger partial charge is 0.369 e. The van der Waals surface area contributed by atoms with E-state index in [1.807, 2.05) is 42.5 Å². The van der Waals surface area contributed by atoms with Gasteiger partial charge in [-0.25, -0.2) is 9.38 Å². The molecule has 0 radical (unpaired) electrons. The van der Waals surface area contributed by atoms with Crippen LogP contribution in [0.25, 0.3) is 11.1 Å². The predicted molar refractivity (Wildman–Crippen MR) is 111 cm³/mol. The van der Waals surface area contributed by atoms with Gasteiger partial charge in [0.25, 0.3) is 5.91 Å². The summed E-state index contributed by atoms with van der Waals surface area (Å²) >= 11 is 6.43. The Labute approximate surface area is 172 Å². The summed E-state index contributed by atoms with van der Waals surface area (Å²) in [6.45, 7) is -0.752. The average Bonchev–Trinajstić information content (AvgIpc) is 2.99. The van der Waals surface area contributed by atoms with E-state index in [-0.39, 0.29) is 17.6 Å². The van der Waals surface area contributed by atoms with Crippen LogP contribution in [-0.2, 0) is 17.0 Å². The number of guanidine groups is 1. The molecule has 1 amide bonds. The molecular formula is C22H18ClFN4O. The number of carbonyl (C=O) groups excluding carboxylic acids is 1. The van der Waals surface area contributed by atoms with Crippen LogP contribution in [0, 0.1) is 0 Å². The first-order chi connectivity index (χ1) is 14.0. The average molecular weight is 409 g/mol. The number of aliphatic imine (C=N–C) groups is 1. The fourth-order valence-electron chi connectivity index (χ4n) is 3.56. The minimum Gasteiger partial charge on any atom is -0.369 e. The van der Waals surface area contributed by atoms with Crippen molar-refractivity contribution in [1.82, 2.24) is 9.88 Å². The summed E-state index contributed by atoms with van der Waals surface area (Å²) in [5.41, 5.74) is 7.58. The van der Waals surface area contributed by atoms with Crippen LogP contribution in [0.1, 0.15) is 16.8 Å². The lowest BCUT2D eigenvalue weighted by atomic mass is 9.82. The van der Waals surface area contributed by atoms with Gasteiger partial charge in [-0.1, -0.05) is 41.9 Å². The molecule has 0 saturated heterocycles. The number of likely N-dealkylation sites (N-methyl/N-ethyl adjacent to an activating group) is 1. The maximum atomic E-state index is 13.4. The van der Waals surface area contributed by atoms with Crippen LogP contribution < -0.4 is 5.73 Å². The van der Waals surface area contributed by atoms with E-state index in [1.165, 1.54) is 17.2 Å². The van der Waals surface area contributed by atoms with Crippen LogP contribution >= 0.6 is 11.6 Å². The summed E-state index contributed by atoms with van der Waals surface area (Å²) in [7, 11) is 1.56. The fraction of sp³-hybridized carbons (Fsp3) is 0.136. The van der Waals surface area contributed by atoms with Gasteiger partial charge in [0.1, 0.15) is 6.67 Å². The number of alkyl halides is 1. The van der Waals surface area contributed by atoms with Gasteiger partial charge in [0.15, 0.2) is 11.5 Å². The van der Waals surface area contributed by atoms with Crippen molar-refractivity contribution in [3.8, 4) is 11.1 Å². The Bertz CT molecular complexity index is 1120. The van der Waals surface area contributed by atoms with E-state index in [9.17, 15) is 9.18 Å². The van der Waals surface area contributed by atoms with E-state index in [0.717, 1.165) is 11.1 Å². The van der Waals surface area contributed by atoms with Crippen LogP contribution in [0.2, 0.25) is 5.02 Å². The highest BCUT2D eigenvalue weighted by Crippen LogP contribution is 2.41. The molecule has 4 rings (SSSR count). The Morgan fingerprint density at radius 3 is 2.48 bits per heavy atom. The molecule has 1 atom stereocenters. The van der Waals surface area contributed by atoms with Gasteiger partial charge in [-0.2, -0.15) is 0 Å². The van der Waals surface area contributed by atoms with E-state index in [4.69, 9.17) is 17.3 Å². The molecule has 1 aromatic heterocycles. The first kappa shape index (κ1) is 19.1. The van der Waals surface area contributed by atoms with Crippen molar-refractivity contribution in [2.75, 3.05) is 7.05 Å². The first-order valence-electron chi connectivity index (χ1n) is 8.97. The lowest BCUT2D eigenvalue weighted by molar-refractivity contribution is -0.129. The Morgan fingerprint density at radius 1 is 1.07 bits per heavy atom. The number of rotatable bonds is 4. The third kappa shape index (κ3) is 3.15. The van der Waals surface area contributed by atoms with Crippen molar-refractivity contribution in [3.63, 3.8) is 0 Å². The Kier molecular flexibility index (Phi) is 4.80. The van der Waals surface area contributed by atoms with Crippen molar-refractivity contribution in [2.45, 2.75) is 12.2 Å². The van der Waals surface area contributed by atoms with Gasteiger partial charge in [-0.15, -0.1) is 0 Å². The summed E-state index contributed by atoms with van der Waals surface area (Å²) < 4.78 is 13.3. The second-order valence-electron chi connectivity index (χ2n) is 6.81. The number of aromatic nitrogens is 1. The van der Waals surface area contributed by atoms with Gasteiger partial charge < -0.3 is 5.73 Å². The van der Waals surface area contributed by atoms with Gasteiger partial charge in [0, 0.05) is 18.3 Å². The topological polar surface area (TPSA) is 71.6 Å². The van der Waals surface area contributed by atoms with Crippen molar-refractivity contribution < 1.29 is 9.18 Å². The lowest BCUT2D eigenvalue weighted by Crippen LogP contribution is -2.41. The molecule has 7 heteroatoms. The van der Waals surface area contributed by atoms with Crippen molar-refractivity contribution in [1.29, 1.82) is 0 Å². The molecule has 0 aliphatic carbocycles. The molecule has 3 aromatic rings. The fourth-order valence-corrected chi connectivity index (χ4v) is 3.79. The quantitative estimate of drug-likeness (QED) is 0.711. The Balaban J connectivity index is 1.99. The van der Waals surface area contributed by atoms with E-state index in [0.29, 0.717) is 16.1 Å². The SMILES string of the molecule is CN1C(=O)C(c2cc(Cl)cc(-c3ccccc3)c2)(c2ccnc(CF)c2)N=C1N. The molecule has 146 valence electrons. The number of nitrogens with two attached hydrogens (primary N) is 1. The smallest absolute Gasteiger partial charge is 0.266 e. The number of halogens is 2. The molecular weight excluding hydrogens is 391 g/mol. The lowest BCUT2D eigenvalue weighted by Gasteiger charge is -2.27. The van der Waals surface area contributed by atoms with Gasteiger partial charge in [0.05, 0.1) is 5.69 Å². The standard InChI is InChI=1S/C22H18ClFN4O/c1-28-20(29)22(27-21(28)25,16-7-8-26-19(12-16)13-24)17-9-15(10-18(23)11-17)14-5-3-2-4-6-14/h2-12H,13H2,1H3,(H2,25,27). The summed E-state index contributed by atoms with van der Waals surface area (Å²) in [5.74, 6) is -0.262. The zero-order chi connectivity index (χ0) is 20.6. The number of amides is 1. The van der Waals surface area contributed by atoms with E-state index >= 15 is 0 Å². The second kappa shape index (κ2) is 7.29. The maximum Gasteiger partial charge on any atom is 0.266 e. The summed E-state index contributed by atoms with van der Waals surface area (Å²) in [6.07, 6.45) is 1.46. The molecule has 2 N–H and O–H groups in total. The van der Waals surface area contributed by atoms with E-state index < -0.39 is 12.2 Å². The Morgan fingerprint density at radius 2 is 1.83 bits per heavy atom. The van der Waals surface area contributed by atoms with Crippen molar-refractivity contribution in [3.05, 3.63) is 88.7 Å². The highest BCUT2D eigenvalue weighted by atomic mass is 35.5. The number of nitrogens with zero attached hydrogens (tertiary/aromatic N) is 3. The first-order valence-corrected chi connectivity index (χ1v) is 9.35. The van der Waals surface area contributed by atoms with E-state index in [2.05, 4.69) is 9.98 Å². The molecule has 0 fully saturated rings. The molecule has 1 aliphatic heterocycles. The molecule has 0 spiro atoms. The van der Waals surface area contributed by atoms with Crippen LogP contribution in [0.4, 0.5) is 4.39 Å². The van der Waals surface area contributed by atoms with Crippen LogP contribution in [0.15, 0.2) is 71.9 Å². The maximum absolute atomic E-state index is 13.4. The normalized spacial score (nSPS) is 18.8. The molecule has 1 unspecified atom stereocenters. The summed E-state index contributed by atoms with van der Waals surface area (Å²) in [4.78, 5) is 23.2. The van der Waals surface area contributed by atoms with Crippen LogP contribution in [0.3, 0.4) is 0 Å². The van der Waals surface area contributed by atoms with Gasteiger partial charge in [0.2, 0.25) is 0 Å². The second-order valence-corrected chi connectivity index (χ2v) is 7.25. The van der Waals surface area contributed by atoms with Crippen LogP contribution in [0.5, 0.6) is 0 Å². The highest BCUT2D eigenvalue weighted by Gasteiger charge is 2.50. The zero-order valence-electron chi connectivity index (χ0n) is 15.6. The number of hydrogen-bond acceptors (Lipinski definition) is 4. The highest BCUT2D eigenvalue weighted by molar-refractivity contribution is 6.31. The molecule has 0 bridgehead atoms. The monoisotopic (exact) mass is 408 g/mol. The summed E-state index contributed by atoms with van der Waals surface area (Å²) in [5, 5.41) is 0.455. The van der Waals surface area contributed by atoms with Crippen molar-refractivity contribution in [2.24, 2.45) is 10.7 Å². The van der Waals surface area contributed by atoms with Crippen molar-refractivity contribution >= 4 is 23.5 Å². The molecule has 0 saturated carbocycles. The molecule has 1 aliphatic rings. The third-order valence-corrected chi connectivity index (χ3v) is 5.25. The third-order valence-electron chi connectivity index (χ3n) is 5.03. The number of hydrogen-bond donors (Lipinski definition) is 1. The number of pyridine rings is 1. The Hall–Kier alpha value is -3.25.